The van der Waals surface area contributed by atoms with Crippen molar-refractivity contribution in [2.24, 2.45) is 11.7 Å². The van der Waals surface area contributed by atoms with Crippen molar-refractivity contribution in [1.29, 1.82) is 0 Å². The highest BCUT2D eigenvalue weighted by molar-refractivity contribution is 5.85. The molecule has 1 saturated heterocycles. The lowest BCUT2D eigenvalue weighted by Gasteiger charge is -2.25. The number of halogens is 1. The van der Waals surface area contributed by atoms with Gasteiger partial charge in [0.2, 0.25) is 5.91 Å². The van der Waals surface area contributed by atoms with Crippen molar-refractivity contribution >= 4 is 18.3 Å². The molecule has 1 atom stereocenters. The molecule has 5 heteroatoms. The number of nitrogens with one attached hydrogen (secondary N) is 1. The summed E-state index contributed by atoms with van der Waals surface area (Å²) < 4.78 is 5.21. The zero-order valence-corrected chi connectivity index (χ0v) is 10.2. The fourth-order valence-electron chi connectivity index (χ4n) is 1.44. The molecular weight excluding hydrogens is 216 g/mol. The highest BCUT2D eigenvalue weighted by Gasteiger charge is 2.21. The molecule has 1 amide bonds. The van der Waals surface area contributed by atoms with Gasteiger partial charge in [-0.15, -0.1) is 12.4 Å². The van der Waals surface area contributed by atoms with E-state index in [2.05, 4.69) is 5.32 Å². The molecule has 1 heterocycles. The molecule has 0 aromatic heterocycles. The summed E-state index contributed by atoms with van der Waals surface area (Å²) in [5.74, 6) is 0.154. The van der Waals surface area contributed by atoms with E-state index < -0.39 is 6.04 Å². The molecule has 0 spiro atoms. The number of carbonyl (C=O) groups is 1. The topological polar surface area (TPSA) is 64.4 Å². The van der Waals surface area contributed by atoms with Crippen molar-refractivity contribution in [3.63, 3.8) is 0 Å². The Morgan fingerprint density at radius 1 is 1.40 bits per heavy atom. The second-order valence-electron chi connectivity index (χ2n) is 4.17. The van der Waals surface area contributed by atoms with Gasteiger partial charge < -0.3 is 15.8 Å². The lowest BCUT2D eigenvalue weighted by atomic mass is 10.0. The maximum Gasteiger partial charge on any atom is 0.237 e. The van der Waals surface area contributed by atoms with E-state index in [1.165, 1.54) is 0 Å². The Kier molecular flexibility index (Phi) is 6.89. The molecule has 0 aromatic carbocycles. The molecular formula is C10H21ClN2O2. The molecule has 0 bridgehead atoms. The monoisotopic (exact) mass is 236 g/mol. The molecule has 1 rings (SSSR count). The standard InChI is InChI=1S/C10H20N2O2.ClH/c1-7(2)9(11)10(13)12-8-3-5-14-6-4-8;/h7-9H,3-6,11H2,1-2H3,(H,12,13);1H/t9-;/m0./s1. The molecule has 0 saturated carbocycles. The number of nitrogens with two attached hydrogens (primary N) is 1. The predicted octanol–water partition coefficient (Wildman–Crippen LogP) is 0.687. The van der Waals surface area contributed by atoms with E-state index in [1.807, 2.05) is 13.8 Å². The van der Waals surface area contributed by atoms with Crippen LogP contribution in [0.15, 0.2) is 0 Å². The van der Waals surface area contributed by atoms with Crippen molar-refractivity contribution < 1.29 is 9.53 Å². The zero-order valence-electron chi connectivity index (χ0n) is 9.36. The molecule has 1 aliphatic rings. The number of carbonyl (C=O) groups excluding carboxylic acids is 1. The summed E-state index contributed by atoms with van der Waals surface area (Å²) in [4.78, 5) is 11.6. The third-order valence-electron chi connectivity index (χ3n) is 2.59. The molecule has 0 unspecified atom stereocenters. The molecule has 1 aliphatic heterocycles. The second kappa shape index (κ2) is 7.04. The summed E-state index contributed by atoms with van der Waals surface area (Å²) in [6.07, 6.45) is 1.80. The maximum atomic E-state index is 11.6. The van der Waals surface area contributed by atoms with Crippen LogP contribution in [0.3, 0.4) is 0 Å². The molecule has 4 nitrogen and oxygen atoms in total. The summed E-state index contributed by atoms with van der Waals surface area (Å²) in [5, 5.41) is 2.96. The Labute approximate surface area is 97.3 Å². The first-order chi connectivity index (χ1) is 6.61. The van der Waals surface area contributed by atoms with E-state index in [9.17, 15) is 4.79 Å². The first-order valence-electron chi connectivity index (χ1n) is 5.25. The Bertz CT molecular complexity index is 194. The van der Waals surface area contributed by atoms with Crippen molar-refractivity contribution in [2.75, 3.05) is 13.2 Å². The van der Waals surface area contributed by atoms with Crippen LogP contribution >= 0.6 is 12.4 Å². The van der Waals surface area contributed by atoms with E-state index in [0.717, 1.165) is 26.1 Å². The average molecular weight is 237 g/mol. The van der Waals surface area contributed by atoms with E-state index in [0.29, 0.717) is 0 Å². The third kappa shape index (κ3) is 4.82. The van der Waals surface area contributed by atoms with E-state index in [-0.39, 0.29) is 30.3 Å². The largest absolute Gasteiger partial charge is 0.381 e. The van der Waals surface area contributed by atoms with Gasteiger partial charge in [0.05, 0.1) is 6.04 Å². The molecule has 1 fully saturated rings. The van der Waals surface area contributed by atoms with Crippen molar-refractivity contribution in [3.8, 4) is 0 Å². The SMILES string of the molecule is CC(C)[C@H](N)C(=O)NC1CCOCC1.Cl. The van der Waals surface area contributed by atoms with Gasteiger partial charge in [-0.3, -0.25) is 4.79 Å². The second-order valence-corrected chi connectivity index (χ2v) is 4.17. The summed E-state index contributed by atoms with van der Waals surface area (Å²) >= 11 is 0. The predicted molar refractivity (Wildman–Crippen MR) is 62.0 cm³/mol. The number of hydrogen-bond donors (Lipinski definition) is 2. The minimum Gasteiger partial charge on any atom is -0.381 e. The Morgan fingerprint density at radius 2 is 1.93 bits per heavy atom. The van der Waals surface area contributed by atoms with Crippen LogP contribution in [0.1, 0.15) is 26.7 Å². The van der Waals surface area contributed by atoms with Gasteiger partial charge in [-0.05, 0) is 18.8 Å². The minimum absolute atomic E-state index is 0. The van der Waals surface area contributed by atoms with Crippen LogP contribution in [0, 0.1) is 5.92 Å². The van der Waals surface area contributed by atoms with Crippen molar-refractivity contribution in [1.82, 2.24) is 5.32 Å². The normalized spacial score (nSPS) is 19.5. The van der Waals surface area contributed by atoms with Crippen molar-refractivity contribution in [3.05, 3.63) is 0 Å². The van der Waals surface area contributed by atoms with Gasteiger partial charge in [0.1, 0.15) is 0 Å². The van der Waals surface area contributed by atoms with Gasteiger partial charge in [-0.1, -0.05) is 13.8 Å². The summed E-state index contributed by atoms with van der Waals surface area (Å²) in [6.45, 7) is 5.38. The minimum atomic E-state index is -0.391. The Morgan fingerprint density at radius 3 is 2.40 bits per heavy atom. The van der Waals surface area contributed by atoms with Gasteiger partial charge in [0.25, 0.3) is 0 Å². The lowest BCUT2D eigenvalue weighted by molar-refractivity contribution is -0.124. The number of hydrogen-bond acceptors (Lipinski definition) is 3. The van der Waals surface area contributed by atoms with Crippen LogP contribution in [0.4, 0.5) is 0 Å². The molecule has 0 aliphatic carbocycles. The highest BCUT2D eigenvalue weighted by atomic mass is 35.5. The first-order valence-corrected chi connectivity index (χ1v) is 5.25. The molecule has 0 aromatic rings. The molecule has 15 heavy (non-hydrogen) atoms. The molecule has 90 valence electrons. The Balaban J connectivity index is 0.00000196. The lowest BCUT2D eigenvalue weighted by Crippen LogP contribution is -2.49. The maximum absolute atomic E-state index is 11.6. The third-order valence-corrected chi connectivity index (χ3v) is 2.59. The summed E-state index contributed by atoms with van der Waals surface area (Å²) in [5.41, 5.74) is 5.73. The Hall–Kier alpha value is -0.320. The molecule has 3 N–H and O–H groups in total. The van der Waals surface area contributed by atoms with Crippen LogP contribution in [-0.2, 0) is 9.53 Å². The van der Waals surface area contributed by atoms with E-state index in [1.54, 1.807) is 0 Å². The van der Waals surface area contributed by atoms with Crippen LogP contribution in [0.5, 0.6) is 0 Å². The fourth-order valence-corrected chi connectivity index (χ4v) is 1.44. The highest BCUT2D eigenvalue weighted by Crippen LogP contribution is 2.07. The van der Waals surface area contributed by atoms with Gasteiger partial charge in [0.15, 0.2) is 0 Å². The summed E-state index contributed by atoms with van der Waals surface area (Å²) in [6, 6.07) is -0.140. The van der Waals surface area contributed by atoms with Gasteiger partial charge in [0, 0.05) is 19.3 Å². The molecule has 0 radical (unpaired) electrons. The van der Waals surface area contributed by atoms with Gasteiger partial charge in [-0.25, -0.2) is 0 Å². The van der Waals surface area contributed by atoms with Crippen LogP contribution in [0.25, 0.3) is 0 Å². The zero-order chi connectivity index (χ0) is 10.6. The number of ether oxygens (including phenoxy) is 1. The van der Waals surface area contributed by atoms with Crippen LogP contribution < -0.4 is 11.1 Å². The van der Waals surface area contributed by atoms with E-state index in [4.69, 9.17) is 10.5 Å². The number of amides is 1. The fraction of sp³-hybridized carbons (Fsp3) is 0.900. The number of rotatable bonds is 3. The average Bonchev–Trinajstić information content (AvgIpc) is 2.18. The summed E-state index contributed by atoms with van der Waals surface area (Å²) in [7, 11) is 0. The van der Waals surface area contributed by atoms with Crippen molar-refractivity contribution in [2.45, 2.75) is 38.8 Å². The van der Waals surface area contributed by atoms with Crippen LogP contribution in [0.2, 0.25) is 0 Å². The quantitative estimate of drug-likeness (QED) is 0.758. The van der Waals surface area contributed by atoms with Gasteiger partial charge >= 0.3 is 0 Å². The van der Waals surface area contributed by atoms with Crippen LogP contribution in [-0.4, -0.2) is 31.2 Å². The first kappa shape index (κ1) is 14.7. The van der Waals surface area contributed by atoms with Gasteiger partial charge in [-0.2, -0.15) is 0 Å². The van der Waals surface area contributed by atoms with E-state index >= 15 is 0 Å². The smallest absolute Gasteiger partial charge is 0.237 e.